The van der Waals surface area contributed by atoms with E-state index >= 15 is 4.39 Å². The van der Waals surface area contributed by atoms with E-state index in [4.69, 9.17) is 10.5 Å². The molecule has 1 aromatic heterocycles. The lowest BCUT2D eigenvalue weighted by Crippen LogP contribution is -2.74. The lowest BCUT2D eigenvalue weighted by molar-refractivity contribution is -0.0301. The Bertz CT molecular complexity index is 931. The highest BCUT2D eigenvalue weighted by atomic mass is 32.1. The number of nitrogens with zero attached hydrogens (tertiary/aromatic N) is 2. The molecule has 3 aliphatic heterocycles. The predicted molar refractivity (Wildman–Crippen MR) is 108 cm³/mol. The largest absolute Gasteiger partial charge is 0.444 e. The van der Waals surface area contributed by atoms with Gasteiger partial charge in [0.1, 0.15) is 11.4 Å². The monoisotopic (exact) mass is 404 g/mol. The molecule has 2 unspecified atom stereocenters. The second kappa shape index (κ2) is 6.42. The van der Waals surface area contributed by atoms with Gasteiger partial charge in [-0.15, -0.1) is 11.3 Å². The van der Waals surface area contributed by atoms with Gasteiger partial charge in [0.05, 0.1) is 11.2 Å². The number of carbonyl (C=O) groups excluding carboxylic acids is 1. The number of thiazole rings is 1. The summed E-state index contributed by atoms with van der Waals surface area (Å²) in [6.45, 7) is 8.41. The number of hydrogen-bond acceptors (Lipinski definition) is 6. The Morgan fingerprint density at radius 3 is 2.75 bits per heavy atom. The third-order valence-electron chi connectivity index (χ3n) is 5.20. The molecule has 2 aromatic rings. The number of nitrogen functional groups attached to an aromatic ring is 1. The molecular formula is C20H25FN4O2S. The smallest absolute Gasteiger partial charge is 0.410 e. The second-order valence-electron chi connectivity index (χ2n) is 8.64. The molecule has 3 fully saturated rings. The Morgan fingerprint density at radius 2 is 2.18 bits per heavy atom. The van der Waals surface area contributed by atoms with Crippen LogP contribution in [0.15, 0.2) is 18.2 Å². The molecule has 0 radical (unpaired) electrons. The number of fused-ring (bicyclic) bond motifs is 2. The summed E-state index contributed by atoms with van der Waals surface area (Å²) in [7, 11) is 0. The van der Waals surface area contributed by atoms with Crippen molar-refractivity contribution in [2.45, 2.75) is 51.3 Å². The van der Waals surface area contributed by atoms with Crippen molar-refractivity contribution >= 4 is 22.6 Å². The van der Waals surface area contributed by atoms with Crippen LogP contribution in [0.4, 0.5) is 14.3 Å². The fraction of sp³-hybridized carbons (Fsp3) is 0.500. The Labute approximate surface area is 167 Å². The van der Waals surface area contributed by atoms with Gasteiger partial charge in [0.2, 0.25) is 0 Å². The van der Waals surface area contributed by atoms with Gasteiger partial charge in [0.15, 0.2) is 5.13 Å². The quantitative estimate of drug-likeness (QED) is 0.799. The predicted octanol–water partition coefficient (Wildman–Crippen LogP) is 3.65. The lowest BCUT2D eigenvalue weighted by atomic mass is 9.72. The third kappa shape index (κ3) is 3.35. The zero-order valence-electron chi connectivity index (χ0n) is 16.5. The highest BCUT2D eigenvalue weighted by Crippen LogP contribution is 2.42. The summed E-state index contributed by atoms with van der Waals surface area (Å²) >= 11 is 1.39. The SMILES string of the molecule is Cc1sc(N)nc1-c1ccc(C23CC(CN(C(=O)OC(C)(C)C)C2)N3)c(F)c1. The van der Waals surface area contributed by atoms with E-state index in [1.165, 1.54) is 17.4 Å². The van der Waals surface area contributed by atoms with E-state index in [1.54, 1.807) is 11.0 Å². The minimum absolute atomic E-state index is 0.154. The molecule has 3 aliphatic rings. The number of benzene rings is 1. The molecular weight excluding hydrogens is 379 g/mol. The lowest BCUT2D eigenvalue weighted by Gasteiger charge is -2.57. The number of aromatic nitrogens is 1. The van der Waals surface area contributed by atoms with Crippen LogP contribution < -0.4 is 11.1 Å². The van der Waals surface area contributed by atoms with E-state index in [9.17, 15) is 4.79 Å². The van der Waals surface area contributed by atoms with Gasteiger partial charge in [0, 0.05) is 35.1 Å². The van der Waals surface area contributed by atoms with Gasteiger partial charge in [-0.05, 0) is 40.2 Å². The maximum Gasteiger partial charge on any atom is 0.410 e. The summed E-state index contributed by atoms with van der Waals surface area (Å²) < 4.78 is 20.6. The molecule has 150 valence electrons. The minimum Gasteiger partial charge on any atom is -0.444 e. The number of anilines is 1. The summed E-state index contributed by atoms with van der Waals surface area (Å²) in [5, 5.41) is 3.92. The number of rotatable bonds is 2. The molecule has 5 rings (SSSR count). The number of aryl methyl sites for hydroxylation is 1. The maximum absolute atomic E-state index is 15.1. The van der Waals surface area contributed by atoms with Crippen molar-refractivity contribution in [3.63, 3.8) is 0 Å². The van der Waals surface area contributed by atoms with Crippen LogP contribution in [0, 0.1) is 12.7 Å². The van der Waals surface area contributed by atoms with Crippen molar-refractivity contribution in [3.8, 4) is 11.3 Å². The van der Waals surface area contributed by atoms with E-state index in [0.29, 0.717) is 35.0 Å². The van der Waals surface area contributed by atoms with Crippen molar-refractivity contribution in [1.82, 2.24) is 15.2 Å². The number of halogens is 1. The fourth-order valence-electron chi connectivity index (χ4n) is 4.14. The molecule has 0 aliphatic carbocycles. The van der Waals surface area contributed by atoms with Gasteiger partial charge in [-0.2, -0.15) is 0 Å². The number of carbonyl (C=O) groups is 1. The molecule has 3 saturated heterocycles. The van der Waals surface area contributed by atoms with E-state index in [-0.39, 0.29) is 18.0 Å². The normalized spacial score (nSPS) is 24.0. The van der Waals surface area contributed by atoms with Crippen LogP contribution in [-0.2, 0) is 10.3 Å². The summed E-state index contributed by atoms with van der Waals surface area (Å²) in [5.41, 5.74) is 6.63. The van der Waals surface area contributed by atoms with Gasteiger partial charge in [0.25, 0.3) is 0 Å². The van der Waals surface area contributed by atoms with Crippen molar-refractivity contribution in [2.24, 2.45) is 0 Å². The van der Waals surface area contributed by atoms with E-state index in [1.807, 2.05) is 33.8 Å². The van der Waals surface area contributed by atoms with Crippen LogP contribution in [0.2, 0.25) is 0 Å². The third-order valence-corrected chi connectivity index (χ3v) is 6.00. The maximum atomic E-state index is 15.1. The Kier molecular flexibility index (Phi) is 4.39. The highest BCUT2D eigenvalue weighted by Gasteiger charge is 2.53. The molecule has 0 saturated carbocycles. The van der Waals surface area contributed by atoms with E-state index in [2.05, 4.69) is 10.3 Å². The zero-order valence-corrected chi connectivity index (χ0v) is 17.3. The molecule has 4 heterocycles. The zero-order chi connectivity index (χ0) is 20.3. The Hall–Kier alpha value is -2.19. The topological polar surface area (TPSA) is 80.5 Å². The first-order valence-corrected chi connectivity index (χ1v) is 10.2. The molecule has 28 heavy (non-hydrogen) atoms. The average molecular weight is 405 g/mol. The summed E-state index contributed by atoms with van der Waals surface area (Å²) in [4.78, 5) is 19.4. The van der Waals surface area contributed by atoms with Gasteiger partial charge in [-0.25, -0.2) is 14.2 Å². The van der Waals surface area contributed by atoms with Crippen LogP contribution in [0.3, 0.4) is 0 Å². The number of nitrogens with one attached hydrogen (secondary N) is 1. The first-order chi connectivity index (χ1) is 13.1. The van der Waals surface area contributed by atoms with Gasteiger partial charge >= 0.3 is 6.09 Å². The molecule has 2 atom stereocenters. The van der Waals surface area contributed by atoms with Crippen LogP contribution >= 0.6 is 11.3 Å². The van der Waals surface area contributed by atoms with E-state index in [0.717, 1.165) is 11.3 Å². The highest BCUT2D eigenvalue weighted by molar-refractivity contribution is 7.15. The molecule has 1 amide bonds. The number of hydrogen-bond donors (Lipinski definition) is 2. The molecule has 1 aromatic carbocycles. The Morgan fingerprint density at radius 1 is 1.46 bits per heavy atom. The van der Waals surface area contributed by atoms with Crippen molar-refractivity contribution in [1.29, 1.82) is 0 Å². The van der Waals surface area contributed by atoms with Crippen LogP contribution in [0.1, 0.15) is 37.6 Å². The number of nitrogens with two attached hydrogens (primary N) is 1. The molecule has 8 heteroatoms. The van der Waals surface area contributed by atoms with Gasteiger partial charge in [-0.3, -0.25) is 0 Å². The summed E-state index contributed by atoms with van der Waals surface area (Å²) in [5.74, 6) is -0.305. The standard InChI is InChI=1S/C20H25FN4O2S/c1-11-16(23-17(22)28-11)12-5-6-14(15(21)7-12)20-8-13(24-20)9-25(10-20)18(26)27-19(2,3)4/h5-7,13,24H,8-10H2,1-4H3,(H2,22,23). The first-order valence-electron chi connectivity index (χ1n) is 9.35. The van der Waals surface area contributed by atoms with Crippen molar-refractivity contribution in [3.05, 3.63) is 34.5 Å². The van der Waals surface area contributed by atoms with Gasteiger partial charge < -0.3 is 20.7 Å². The van der Waals surface area contributed by atoms with Gasteiger partial charge in [-0.1, -0.05) is 12.1 Å². The average Bonchev–Trinajstić information content (AvgIpc) is 2.90. The molecule has 0 spiro atoms. The van der Waals surface area contributed by atoms with Crippen LogP contribution in [0.5, 0.6) is 0 Å². The van der Waals surface area contributed by atoms with Crippen LogP contribution in [0.25, 0.3) is 11.3 Å². The summed E-state index contributed by atoms with van der Waals surface area (Å²) in [6.07, 6.45) is 0.444. The number of ether oxygens (including phenoxy) is 1. The van der Waals surface area contributed by atoms with E-state index < -0.39 is 11.1 Å². The second-order valence-corrected chi connectivity index (χ2v) is 9.87. The summed E-state index contributed by atoms with van der Waals surface area (Å²) in [6, 6.07) is 5.32. The number of amides is 1. The van der Waals surface area contributed by atoms with Crippen molar-refractivity contribution in [2.75, 3.05) is 18.8 Å². The molecule has 3 N–H and O–H groups in total. The molecule has 2 bridgehead atoms. The van der Waals surface area contributed by atoms with Crippen LogP contribution in [-0.4, -0.2) is 40.7 Å². The molecule has 6 nitrogen and oxygen atoms in total. The fourth-order valence-corrected chi connectivity index (χ4v) is 4.85. The number of piperidine rings is 1. The first kappa shape index (κ1) is 19.1. The minimum atomic E-state index is -0.571. The Balaban J connectivity index is 1.59. The van der Waals surface area contributed by atoms with Crippen molar-refractivity contribution < 1.29 is 13.9 Å². The number of piperazine rings is 1.